The van der Waals surface area contributed by atoms with Crippen molar-refractivity contribution in [2.45, 2.75) is 0 Å². The third kappa shape index (κ3) is 3.02. The largest absolute Gasteiger partial charge is 0.333 e. The highest BCUT2D eigenvalue weighted by Crippen LogP contribution is 2.68. The van der Waals surface area contributed by atoms with Gasteiger partial charge in [-0.3, -0.25) is 27.8 Å². The lowest BCUT2D eigenvalue weighted by Crippen LogP contribution is -1.85. The molecule has 1 aliphatic rings. The Morgan fingerprint density at radius 2 is 2.55 bits per heavy atom. The molecule has 0 bridgehead atoms. The Labute approximate surface area is 88.9 Å². The summed E-state index contributed by atoms with van der Waals surface area (Å²) in [4.78, 5) is 0. The second-order valence-corrected chi connectivity index (χ2v) is 13.7. The van der Waals surface area contributed by atoms with Crippen molar-refractivity contribution in [1.82, 2.24) is 0 Å². The Balaban J connectivity index is 2.89. The molecule has 1 heterocycles. The Hall–Kier alpha value is 2.03. The van der Waals surface area contributed by atoms with Crippen LogP contribution in [0.4, 0.5) is 0 Å². The molecular formula is C4H7INP5. The molecule has 0 fully saturated rings. The molecule has 7 heteroatoms. The van der Waals surface area contributed by atoms with Gasteiger partial charge in [0.25, 0.3) is 4.78 Å². The zero-order valence-corrected chi connectivity index (χ0v) is 12.7. The first-order valence-corrected chi connectivity index (χ1v) is 8.77. The summed E-state index contributed by atoms with van der Waals surface area (Å²) in [6, 6.07) is 0. The van der Waals surface area contributed by atoms with Gasteiger partial charge >= 0.3 is 0 Å². The average Bonchev–Trinajstić information content (AvgIpc) is 1.96. The van der Waals surface area contributed by atoms with E-state index in [0.717, 1.165) is 16.8 Å². The van der Waals surface area contributed by atoms with Gasteiger partial charge in [0, 0.05) is 7.55 Å². The van der Waals surface area contributed by atoms with Crippen LogP contribution in [-0.2, 0) is 0 Å². The normalized spacial score (nSPS) is 29.3. The SMILES string of the molecule is C=[P+]1C(P=N)=[PH+][C-](I)P[C-]1P. The third-order valence-electron chi connectivity index (χ3n) is 1.11. The van der Waals surface area contributed by atoms with Crippen molar-refractivity contribution < 1.29 is 0 Å². The van der Waals surface area contributed by atoms with Crippen LogP contribution in [0.2, 0.25) is 0 Å². The summed E-state index contributed by atoms with van der Waals surface area (Å²) in [5.74, 6) is 0. The van der Waals surface area contributed by atoms with Gasteiger partial charge in [-0.1, -0.05) is 5.14 Å². The van der Waals surface area contributed by atoms with Crippen molar-refractivity contribution in [2.75, 3.05) is 0 Å². The van der Waals surface area contributed by atoms with Gasteiger partial charge in [0.05, 0.1) is 6.30 Å². The summed E-state index contributed by atoms with van der Waals surface area (Å²) in [6.45, 7) is 0. The van der Waals surface area contributed by atoms with Crippen LogP contribution in [0.5, 0.6) is 0 Å². The van der Waals surface area contributed by atoms with Crippen LogP contribution in [0, 0.1) is 13.7 Å². The van der Waals surface area contributed by atoms with Crippen molar-refractivity contribution in [3.8, 4) is 0 Å². The van der Waals surface area contributed by atoms with Crippen LogP contribution in [0.25, 0.3) is 0 Å². The van der Waals surface area contributed by atoms with Gasteiger partial charge in [0.15, 0.2) is 0 Å². The molecule has 0 aliphatic carbocycles. The molecule has 11 heavy (non-hydrogen) atoms. The first kappa shape index (κ1) is 11.1. The number of nitrogens with one attached hydrogen (secondary N) is 1. The highest BCUT2D eigenvalue weighted by atomic mass is 127. The maximum atomic E-state index is 7.29. The lowest BCUT2D eigenvalue weighted by molar-refractivity contribution is 1.66. The zero-order valence-electron chi connectivity index (χ0n) is 5.56. The van der Waals surface area contributed by atoms with Gasteiger partial charge in [-0.05, 0) is 11.6 Å². The van der Waals surface area contributed by atoms with E-state index in [4.69, 9.17) is 5.16 Å². The summed E-state index contributed by atoms with van der Waals surface area (Å²) in [5, 5.41) is 8.72. The molecular weight excluding hydrogens is 344 g/mol. The molecule has 4 unspecified atom stereocenters. The van der Waals surface area contributed by atoms with Crippen molar-refractivity contribution in [3.63, 3.8) is 0 Å². The molecule has 0 spiro atoms. The maximum Gasteiger partial charge on any atom is 0.284 e. The highest BCUT2D eigenvalue weighted by molar-refractivity contribution is 14.1. The molecule has 1 nitrogen and oxygen atoms in total. The molecule has 0 aromatic carbocycles. The van der Waals surface area contributed by atoms with E-state index in [9.17, 15) is 0 Å². The predicted molar refractivity (Wildman–Crippen MR) is 75.5 cm³/mol. The smallest absolute Gasteiger partial charge is 0.284 e. The van der Waals surface area contributed by atoms with Gasteiger partial charge in [-0.2, -0.15) is 0 Å². The van der Waals surface area contributed by atoms with Crippen LogP contribution in [0.1, 0.15) is 0 Å². The molecule has 0 radical (unpaired) electrons. The molecule has 0 aromatic rings. The Morgan fingerprint density at radius 3 is 3.09 bits per heavy atom. The molecule has 0 saturated heterocycles. The summed E-state index contributed by atoms with van der Waals surface area (Å²) in [5.41, 5.74) is 0. The van der Waals surface area contributed by atoms with Crippen molar-refractivity contribution >= 4 is 75.6 Å². The van der Waals surface area contributed by atoms with Crippen molar-refractivity contribution in [1.29, 1.82) is 5.16 Å². The zero-order chi connectivity index (χ0) is 8.43. The minimum atomic E-state index is -0.297. The van der Waals surface area contributed by atoms with E-state index in [1.165, 1.54) is 13.3 Å². The highest BCUT2D eigenvalue weighted by Gasteiger charge is 2.20. The Morgan fingerprint density at radius 1 is 1.91 bits per heavy atom. The van der Waals surface area contributed by atoms with E-state index in [1.807, 2.05) is 0 Å². The minimum absolute atomic E-state index is 0.297. The number of halogens is 1. The number of rotatable bonds is 1. The van der Waals surface area contributed by atoms with E-state index in [1.54, 1.807) is 0 Å². The average molecular weight is 351 g/mol. The van der Waals surface area contributed by atoms with Crippen molar-refractivity contribution in [2.24, 2.45) is 0 Å². The van der Waals surface area contributed by atoms with Gasteiger partial charge in [0.1, 0.15) is 8.37 Å². The number of hydrogen-bond acceptors (Lipinski definition) is 1. The number of hydrogen-bond donors (Lipinski definition) is 1. The van der Waals surface area contributed by atoms with E-state index in [2.05, 4.69) is 38.1 Å². The lowest BCUT2D eigenvalue weighted by Gasteiger charge is -2.27. The topological polar surface area (TPSA) is 23.9 Å². The molecule has 0 aromatic heterocycles. The quantitative estimate of drug-likeness (QED) is 0.415. The van der Waals surface area contributed by atoms with Gasteiger partial charge < -0.3 is 8.58 Å². The van der Waals surface area contributed by atoms with Crippen LogP contribution in [0.3, 0.4) is 0 Å². The van der Waals surface area contributed by atoms with Crippen molar-refractivity contribution in [3.05, 3.63) is 8.55 Å². The van der Waals surface area contributed by atoms with Crippen LogP contribution < -0.4 is 0 Å². The predicted octanol–water partition coefficient (Wildman–Crippen LogP) is 4.27. The molecule has 0 saturated carbocycles. The summed E-state index contributed by atoms with van der Waals surface area (Å²) >= 11 is 2.40. The molecule has 1 rings (SSSR count). The fourth-order valence-corrected chi connectivity index (χ4v) is 14.1. The summed E-state index contributed by atoms with van der Waals surface area (Å²) in [7, 11) is 4.86. The molecule has 60 valence electrons. The molecule has 4 atom stereocenters. The van der Waals surface area contributed by atoms with E-state index >= 15 is 0 Å². The summed E-state index contributed by atoms with van der Waals surface area (Å²) < 4.78 is 2.83. The first-order valence-electron chi connectivity index (χ1n) is 2.69. The third-order valence-corrected chi connectivity index (χ3v) is 11.1. The maximum absolute atomic E-state index is 7.29. The summed E-state index contributed by atoms with van der Waals surface area (Å²) in [6.07, 6.45) is 4.11. The Kier molecular flexibility index (Phi) is 5.10. The van der Waals surface area contributed by atoms with E-state index in [0.29, 0.717) is 8.37 Å². The minimum Gasteiger partial charge on any atom is -0.333 e. The van der Waals surface area contributed by atoms with E-state index < -0.39 is 0 Å². The van der Waals surface area contributed by atoms with Crippen LogP contribution >= 0.6 is 64.5 Å². The molecule has 1 N–H and O–H groups in total. The standard InChI is InChI=1S/C4H7INP5/c1-11-3(7)8-2(5)9-4(11)10-6/h6,8-9H,1,7H2. The monoisotopic (exact) mass is 351 g/mol. The second-order valence-electron chi connectivity index (χ2n) is 1.81. The van der Waals surface area contributed by atoms with Crippen LogP contribution in [-0.4, -0.2) is 11.1 Å². The lowest BCUT2D eigenvalue weighted by atomic mass is 11.8. The Bertz CT molecular complexity index is 227. The second kappa shape index (κ2) is 5.05. The van der Waals surface area contributed by atoms with Gasteiger partial charge in [-0.15, -0.1) is 0 Å². The van der Waals surface area contributed by atoms with Gasteiger partial charge in [0.2, 0.25) is 0 Å². The fourth-order valence-electron chi connectivity index (χ4n) is 0.579. The van der Waals surface area contributed by atoms with Crippen LogP contribution in [0.15, 0.2) is 0 Å². The molecule has 0 amide bonds. The molecule has 1 aliphatic heterocycles. The first-order chi connectivity index (χ1) is 5.15. The van der Waals surface area contributed by atoms with Gasteiger partial charge in [-0.25, -0.2) is 9.24 Å². The van der Waals surface area contributed by atoms with E-state index in [-0.39, 0.29) is 7.55 Å². The fraction of sp³-hybridized carbons (Fsp3) is 0.